The van der Waals surface area contributed by atoms with Gasteiger partial charge in [0.15, 0.2) is 5.82 Å². The average Bonchev–Trinajstić information content (AvgIpc) is 3.04. The molecular weight excluding hydrogens is 226 g/mol. The molecule has 0 spiro atoms. The predicted octanol–water partition coefficient (Wildman–Crippen LogP) is 1.50. The van der Waals surface area contributed by atoms with Gasteiger partial charge in [0, 0.05) is 18.1 Å². The zero-order valence-electron chi connectivity index (χ0n) is 9.59. The van der Waals surface area contributed by atoms with Crippen molar-refractivity contribution in [1.29, 1.82) is 10.5 Å². The number of imidazole rings is 1. The molecule has 0 unspecified atom stereocenters. The van der Waals surface area contributed by atoms with Crippen molar-refractivity contribution in [2.75, 3.05) is 0 Å². The molecule has 0 bridgehead atoms. The molecule has 0 aliphatic heterocycles. The Morgan fingerprint density at radius 3 is 2.89 bits per heavy atom. The summed E-state index contributed by atoms with van der Waals surface area (Å²) >= 11 is 0. The van der Waals surface area contributed by atoms with Crippen molar-refractivity contribution >= 4 is 0 Å². The molecule has 3 rings (SSSR count). The van der Waals surface area contributed by atoms with Crippen LogP contribution in [0.1, 0.15) is 29.1 Å². The first-order chi connectivity index (χ1) is 8.83. The Bertz CT molecular complexity index is 699. The first kappa shape index (κ1) is 10.5. The summed E-state index contributed by atoms with van der Waals surface area (Å²) in [5.41, 5.74) is 2.67. The van der Waals surface area contributed by atoms with Crippen LogP contribution in [-0.2, 0) is 12.8 Å². The van der Waals surface area contributed by atoms with E-state index in [-0.39, 0.29) is 5.82 Å². The molecular formula is C13H9N5. The van der Waals surface area contributed by atoms with E-state index in [1.165, 1.54) is 6.20 Å². The van der Waals surface area contributed by atoms with Crippen molar-refractivity contribution in [3.63, 3.8) is 0 Å². The summed E-state index contributed by atoms with van der Waals surface area (Å²) in [4.78, 5) is 8.46. The third kappa shape index (κ3) is 1.46. The second kappa shape index (κ2) is 3.97. The number of rotatable bonds is 1. The van der Waals surface area contributed by atoms with Gasteiger partial charge in [-0.25, -0.2) is 9.97 Å². The van der Waals surface area contributed by atoms with E-state index in [9.17, 15) is 5.26 Å². The Balaban J connectivity index is 2.24. The van der Waals surface area contributed by atoms with Gasteiger partial charge in [-0.3, -0.25) is 4.57 Å². The zero-order chi connectivity index (χ0) is 12.5. The smallest absolute Gasteiger partial charge is 0.218 e. The Hall–Kier alpha value is -2.66. The van der Waals surface area contributed by atoms with Crippen molar-refractivity contribution in [2.45, 2.75) is 19.3 Å². The number of nitriles is 2. The van der Waals surface area contributed by atoms with Crippen LogP contribution in [0.3, 0.4) is 0 Å². The van der Waals surface area contributed by atoms with Crippen LogP contribution < -0.4 is 0 Å². The van der Waals surface area contributed by atoms with Crippen molar-refractivity contribution in [3.05, 3.63) is 41.1 Å². The van der Waals surface area contributed by atoms with E-state index in [4.69, 9.17) is 5.26 Å². The summed E-state index contributed by atoms with van der Waals surface area (Å²) in [6.45, 7) is 0. The number of nitrogens with zero attached hydrogens (tertiary/aromatic N) is 5. The van der Waals surface area contributed by atoms with Crippen molar-refractivity contribution < 1.29 is 0 Å². The van der Waals surface area contributed by atoms with E-state index in [2.05, 4.69) is 16.0 Å². The predicted molar refractivity (Wildman–Crippen MR) is 62.8 cm³/mol. The van der Waals surface area contributed by atoms with Gasteiger partial charge in [0.1, 0.15) is 12.1 Å². The summed E-state index contributed by atoms with van der Waals surface area (Å²) in [7, 11) is 0. The van der Waals surface area contributed by atoms with Gasteiger partial charge in [-0.2, -0.15) is 10.5 Å². The van der Waals surface area contributed by atoms with E-state index in [0.717, 1.165) is 30.5 Å². The molecule has 5 heteroatoms. The lowest BCUT2D eigenvalue weighted by Crippen LogP contribution is -2.05. The molecule has 2 aromatic rings. The van der Waals surface area contributed by atoms with Crippen molar-refractivity contribution in [1.82, 2.24) is 14.5 Å². The fourth-order valence-corrected chi connectivity index (χ4v) is 2.28. The molecule has 0 aromatic carbocycles. The molecule has 0 amide bonds. The summed E-state index contributed by atoms with van der Waals surface area (Å²) in [6.07, 6.45) is 6.18. The average molecular weight is 235 g/mol. The van der Waals surface area contributed by atoms with Gasteiger partial charge in [-0.1, -0.05) is 0 Å². The molecule has 0 radical (unpaired) electrons. The highest BCUT2D eigenvalue weighted by molar-refractivity contribution is 5.49. The second-order valence-electron chi connectivity index (χ2n) is 4.16. The number of pyridine rings is 1. The molecule has 86 valence electrons. The maximum atomic E-state index is 9.21. The summed E-state index contributed by atoms with van der Waals surface area (Å²) in [6, 6.07) is 6.02. The number of fused-ring (bicyclic) bond motifs is 1. The zero-order valence-corrected chi connectivity index (χ0v) is 9.59. The Labute approximate surface area is 104 Å². The molecule has 0 fully saturated rings. The Morgan fingerprint density at radius 2 is 2.11 bits per heavy atom. The van der Waals surface area contributed by atoms with Gasteiger partial charge < -0.3 is 0 Å². The van der Waals surface area contributed by atoms with Gasteiger partial charge >= 0.3 is 0 Å². The van der Waals surface area contributed by atoms with Crippen LogP contribution in [0.2, 0.25) is 0 Å². The van der Waals surface area contributed by atoms with E-state index >= 15 is 0 Å². The molecule has 1 aliphatic carbocycles. The summed E-state index contributed by atoms with van der Waals surface area (Å²) in [5, 5.41) is 18.2. The largest absolute Gasteiger partial charge is 0.274 e. The maximum absolute atomic E-state index is 9.21. The van der Waals surface area contributed by atoms with Gasteiger partial charge in [-0.15, -0.1) is 0 Å². The third-order valence-corrected chi connectivity index (χ3v) is 3.12. The van der Waals surface area contributed by atoms with Gasteiger partial charge in [0.25, 0.3) is 0 Å². The van der Waals surface area contributed by atoms with Crippen LogP contribution in [0.25, 0.3) is 5.82 Å². The molecule has 0 N–H and O–H groups in total. The molecule has 0 atom stereocenters. The summed E-state index contributed by atoms with van der Waals surface area (Å²) < 4.78 is 1.57. The second-order valence-corrected chi connectivity index (χ2v) is 4.16. The first-order valence-corrected chi connectivity index (χ1v) is 5.70. The summed E-state index contributed by atoms with van der Waals surface area (Å²) in [5.74, 6) is 0.754. The molecule has 2 aromatic heterocycles. The van der Waals surface area contributed by atoms with Crippen molar-refractivity contribution in [2.24, 2.45) is 0 Å². The van der Waals surface area contributed by atoms with Crippen LogP contribution in [0.15, 0.2) is 18.5 Å². The quantitative estimate of drug-likeness (QED) is 0.750. The van der Waals surface area contributed by atoms with E-state index in [1.54, 1.807) is 10.8 Å². The van der Waals surface area contributed by atoms with Gasteiger partial charge in [0.2, 0.25) is 5.82 Å². The standard InChI is InChI=1S/C13H9N5/c14-7-10-6-9-2-1-3-11(9)17-13(10)18-5-4-16-12(18)8-15/h4-6H,1-3H2. The van der Waals surface area contributed by atoms with Crippen LogP contribution >= 0.6 is 0 Å². The third-order valence-electron chi connectivity index (χ3n) is 3.12. The molecule has 2 heterocycles. The number of aryl methyl sites for hydroxylation is 2. The minimum absolute atomic E-state index is 0.247. The van der Waals surface area contributed by atoms with E-state index in [0.29, 0.717) is 11.4 Å². The molecule has 18 heavy (non-hydrogen) atoms. The van der Waals surface area contributed by atoms with Crippen LogP contribution in [0.5, 0.6) is 0 Å². The number of aromatic nitrogens is 3. The van der Waals surface area contributed by atoms with Gasteiger partial charge in [-0.05, 0) is 30.9 Å². The molecule has 5 nitrogen and oxygen atoms in total. The van der Waals surface area contributed by atoms with Crippen molar-refractivity contribution in [3.8, 4) is 18.0 Å². The molecule has 0 saturated heterocycles. The fourth-order valence-electron chi connectivity index (χ4n) is 2.28. The van der Waals surface area contributed by atoms with Crippen LogP contribution in [-0.4, -0.2) is 14.5 Å². The highest BCUT2D eigenvalue weighted by atomic mass is 15.1. The number of hydrogen-bond acceptors (Lipinski definition) is 4. The lowest BCUT2D eigenvalue weighted by Gasteiger charge is -2.08. The molecule has 1 aliphatic rings. The highest BCUT2D eigenvalue weighted by Crippen LogP contribution is 2.24. The van der Waals surface area contributed by atoms with Gasteiger partial charge in [0.05, 0.1) is 5.56 Å². The van der Waals surface area contributed by atoms with Crippen LogP contribution in [0.4, 0.5) is 0 Å². The highest BCUT2D eigenvalue weighted by Gasteiger charge is 2.18. The number of hydrogen-bond donors (Lipinski definition) is 0. The Morgan fingerprint density at radius 1 is 1.22 bits per heavy atom. The van der Waals surface area contributed by atoms with E-state index < -0.39 is 0 Å². The topological polar surface area (TPSA) is 78.3 Å². The monoisotopic (exact) mass is 235 g/mol. The lowest BCUT2D eigenvalue weighted by molar-refractivity contribution is 0.887. The minimum Gasteiger partial charge on any atom is -0.274 e. The minimum atomic E-state index is 0.247. The molecule has 0 saturated carbocycles. The SMILES string of the molecule is N#Cc1cc2c(nc1-n1ccnc1C#N)CCC2. The Kier molecular flexibility index (Phi) is 2.32. The fraction of sp³-hybridized carbons (Fsp3) is 0.231. The van der Waals surface area contributed by atoms with E-state index in [1.807, 2.05) is 12.1 Å². The lowest BCUT2D eigenvalue weighted by atomic mass is 10.1. The normalized spacial score (nSPS) is 12.8. The first-order valence-electron chi connectivity index (χ1n) is 5.70. The van der Waals surface area contributed by atoms with Crippen LogP contribution in [0, 0.1) is 22.7 Å². The maximum Gasteiger partial charge on any atom is 0.218 e.